The maximum absolute atomic E-state index is 10.7. The van der Waals surface area contributed by atoms with Gasteiger partial charge in [-0.25, -0.2) is 0 Å². The van der Waals surface area contributed by atoms with E-state index in [0.29, 0.717) is 6.42 Å². The van der Waals surface area contributed by atoms with E-state index in [0.717, 1.165) is 19.3 Å². The van der Waals surface area contributed by atoms with E-state index < -0.39 is 0 Å². The average molecular weight is 126 g/mol. The highest BCUT2D eigenvalue weighted by Gasteiger charge is 2.09. The van der Waals surface area contributed by atoms with E-state index in [1.165, 1.54) is 0 Å². The second kappa shape index (κ2) is 2.67. The minimum atomic E-state index is -0.104. The van der Waals surface area contributed by atoms with Crippen LogP contribution in [0.25, 0.3) is 0 Å². The number of rotatable bonds is 0. The standard InChI is InChI=1S/C7H10O2/c8-6-4-2-1-3-5-7(6)9/h4,8H,1-3,5H2. The van der Waals surface area contributed by atoms with E-state index in [1.807, 2.05) is 0 Å². The highest BCUT2D eigenvalue weighted by molar-refractivity contribution is 5.93. The number of allylic oxidation sites excluding steroid dienone is 2. The average Bonchev–Trinajstić information content (AvgIpc) is 1.99. The fourth-order valence-electron chi connectivity index (χ4n) is 0.911. The molecule has 1 rings (SSSR count). The zero-order chi connectivity index (χ0) is 6.69. The molecule has 0 aromatic carbocycles. The predicted octanol–water partition coefficient (Wildman–Crippen LogP) is 1.57. The van der Waals surface area contributed by atoms with Crippen LogP contribution < -0.4 is 0 Å². The Labute approximate surface area is 54.2 Å². The van der Waals surface area contributed by atoms with Crippen LogP contribution in [-0.2, 0) is 4.79 Å². The van der Waals surface area contributed by atoms with E-state index in [9.17, 15) is 4.79 Å². The van der Waals surface area contributed by atoms with Gasteiger partial charge in [-0.05, 0) is 25.3 Å². The Kier molecular flexibility index (Phi) is 1.88. The van der Waals surface area contributed by atoms with Crippen molar-refractivity contribution < 1.29 is 9.90 Å². The summed E-state index contributed by atoms with van der Waals surface area (Å²) < 4.78 is 0. The van der Waals surface area contributed by atoms with Crippen LogP contribution in [0.5, 0.6) is 0 Å². The Morgan fingerprint density at radius 2 is 2.22 bits per heavy atom. The number of aliphatic hydroxyl groups is 1. The number of carbonyl (C=O) groups is 1. The van der Waals surface area contributed by atoms with Gasteiger partial charge in [0.15, 0.2) is 11.5 Å². The molecule has 0 atom stereocenters. The Hall–Kier alpha value is -0.790. The second-order valence-corrected chi connectivity index (χ2v) is 2.26. The third kappa shape index (κ3) is 1.56. The van der Waals surface area contributed by atoms with Crippen molar-refractivity contribution in [2.45, 2.75) is 25.7 Å². The Bertz CT molecular complexity index is 147. The molecule has 0 amide bonds. The third-order valence-electron chi connectivity index (χ3n) is 1.48. The number of hydrogen-bond acceptors (Lipinski definition) is 2. The van der Waals surface area contributed by atoms with E-state index in [4.69, 9.17) is 5.11 Å². The van der Waals surface area contributed by atoms with Gasteiger partial charge < -0.3 is 5.11 Å². The van der Waals surface area contributed by atoms with Crippen molar-refractivity contribution in [1.82, 2.24) is 0 Å². The Morgan fingerprint density at radius 3 is 3.00 bits per heavy atom. The van der Waals surface area contributed by atoms with Crippen LogP contribution in [0.1, 0.15) is 25.7 Å². The van der Waals surface area contributed by atoms with Crippen molar-refractivity contribution in [3.05, 3.63) is 11.8 Å². The van der Waals surface area contributed by atoms with Crippen molar-refractivity contribution in [3.63, 3.8) is 0 Å². The highest BCUT2D eigenvalue weighted by atomic mass is 16.3. The van der Waals surface area contributed by atoms with Gasteiger partial charge in [-0.15, -0.1) is 0 Å². The summed E-state index contributed by atoms with van der Waals surface area (Å²) >= 11 is 0. The molecule has 50 valence electrons. The Balaban J connectivity index is 2.61. The molecule has 2 heteroatoms. The topological polar surface area (TPSA) is 37.3 Å². The molecule has 0 spiro atoms. The molecule has 2 nitrogen and oxygen atoms in total. The molecule has 1 aliphatic rings. The minimum absolute atomic E-state index is 0.0347. The third-order valence-corrected chi connectivity index (χ3v) is 1.48. The maximum Gasteiger partial charge on any atom is 0.196 e. The van der Waals surface area contributed by atoms with Crippen LogP contribution in [0.2, 0.25) is 0 Å². The van der Waals surface area contributed by atoms with E-state index in [2.05, 4.69) is 0 Å². The van der Waals surface area contributed by atoms with Crippen LogP contribution in [0.4, 0.5) is 0 Å². The zero-order valence-electron chi connectivity index (χ0n) is 5.26. The fourth-order valence-corrected chi connectivity index (χ4v) is 0.911. The van der Waals surface area contributed by atoms with E-state index in [-0.39, 0.29) is 11.5 Å². The van der Waals surface area contributed by atoms with Crippen molar-refractivity contribution >= 4 is 5.78 Å². The summed E-state index contributed by atoms with van der Waals surface area (Å²) in [6, 6.07) is 0. The van der Waals surface area contributed by atoms with Gasteiger partial charge >= 0.3 is 0 Å². The smallest absolute Gasteiger partial charge is 0.196 e. The first-order valence-corrected chi connectivity index (χ1v) is 3.23. The first-order chi connectivity index (χ1) is 4.30. The van der Waals surface area contributed by atoms with Gasteiger partial charge in [0.1, 0.15) is 0 Å². The quantitative estimate of drug-likeness (QED) is 0.535. The van der Waals surface area contributed by atoms with Crippen LogP contribution in [0.15, 0.2) is 11.8 Å². The van der Waals surface area contributed by atoms with Gasteiger partial charge in [0.05, 0.1) is 0 Å². The number of ketones is 1. The van der Waals surface area contributed by atoms with Gasteiger partial charge in [-0.2, -0.15) is 0 Å². The van der Waals surface area contributed by atoms with Crippen molar-refractivity contribution in [2.24, 2.45) is 0 Å². The Morgan fingerprint density at radius 1 is 1.44 bits per heavy atom. The molecular formula is C7H10O2. The summed E-state index contributed by atoms with van der Waals surface area (Å²) in [6.45, 7) is 0. The first kappa shape index (κ1) is 6.33. The molecule has 0 fully saturated rings. The molecule has 0 saturated heterocycles. The molecular weight excluding hydrogens is 116 g/mol. The van der Waals surface area contributed by atoms with E-state index in [1.54, 1.807) is 6.08 Å². The summed E-state index contributed by atoms with van der Waals surface area (Å²) in [5.74, 6) is -0.139. The zero-order valence-corrected chi connectivity index (χ0v) is 5.26. The molecule has 0 unspecified atom stereocenters. The van der Waals surface area contributed by atoms with Crippen molar-refractivity contribution in [3.8, 4) is 0 Å². The SMILES string of the molecule is O=C1CCCCC=C1O. The van der Waals surface area contributed by atoms with Crippen LogP contribution in [-0.4, -0.2) is 10.9 Å². The summed E-state index contributed by atoms with van der Waals surface area (Å²) in [7, 11) is 0. The van der Waals surface area contributed by atoms with Gasteiger partial charge in [0.2, 0.25) is 0 Å². The summed E-state index contributed by atoms with van der Waals surface area (Å²) in [5.41, 5.74) is 0. The number of aliphatic hydroxyl groups excluding tert-OH is 1. The summed E-state index contributed by atoms with van der Waals surface area (Å²) in [6.07, 6.45) is 4.91. The second-order valence-electron chi connectivity index (χ2n) is 2.26. The molecule has 9 heavy (non-hydrogen) atoms. The summed E-state index contributed by atoms with van der Waals surface area (Å²) in [4.78, 5) is 10.7. The van der Waals surface area contributed by atoms with Crippen LogP contribution in [0.3, 0.4) is 0 Å². The maximum atomic E-state index is 10.7. The van der Waals surface area contributed by atoms with Gasteiger partial charge in [0, 0.05) is 6.42 Å². The van der Waals surface area contributed by atoms with E-state index >= 15 is 0 Å². The first-order valence-electron chi connectivity index (χ1n) is 3.23. The molecule has 0 aliphatic heterocycles. The monoisotopic (exact) mass is 126 g/mol. The predicted molar refractivity (Wildman–Crippen MR) is 34.2 cm³/mol. The van der Waals surface area contributed by atoms with Crippen LogP contribution in [0, 0.1) is 0 Å². The number of Topliss-reactive ketones (excluding diaryl/α,β-unsaturated/α-hetero) is 1. The molecule has 0 bridgehead atoms. The van der Waals surface area contributed by atoms with Gasteiger partial charge in [0.25, 0.3) is 0 Å². The highest BCUT2D eigenvalue weighted by Crippen LogP contribution is 2.11. The van der Waals surface area contributed by atoms with Gasteiger partial charge in [-0.1, -0.05) is 0 Å². The lowest BCUT2D eigenvalue weighted by molar-refractivity contribution is -0.117. The lowest BCUT2D eigenvalue weighted by atomic mass is 10.2. The molecule has 1 N–H and O–H groups in total. The lowest BCUT2D eigenvalue weighted by Gasteiger charge is -1.90. The largest absolute Gasteiger partial charge is 0.505 e. The fraction of sp³-hybridized carbons (Fsp3) is 0.571. The molecule has 0 radical (unpaired) electrons. The molecule has 0 heterocycles. The van der Waals surface area contributed by atoms with Crippen molar-refractivity contribution in [1.29, 1.82) is 0 Å². The van der Waals surface area contributed by atoms with Crippen LogP contribution >= 0.6 is 0 Å². The van der Waals surface area contributed by atoms with Gasteiger partial charge in [-0.3, -0.25) is 4.79 Å². The van der Waals surface area contributed by atoms with Crippen molar-refractivity contribution in [2.75, 3.05) is 0 Å². The number of hydrogen-bond donors (Lipinski definition) is 1. The summed E-state index contributed by atoms with van der Waals surface area (Å²) in [5, 5.41) is 8.87. The molecule has 0 aromatic heterocycles. The molecule has 0 saturated carbocycles. The normalized spacial score (nSPS) is 20.9. The molecule has 1 aliphatic carbocycles. The minimum Gasteiger partial charge on any atom is -0.505 e. The number of carbonyl (C=O) groups excluding carboxylic acids is 1. The molecule has 0 aromatic rings. The lowest BCUT2D eigenvalue weighted by Crippen LogP contribution is -1.98.